The average molecular weight is 460 g/mol. The number of nitrogens with one attached hydrogen (secondary N) is 2. The van der Waals surface area contributed by atoms with Crippen LogP contribution in [0.1, 0.15) is 31.8 Å². The number of hydrogen-bond acceptors (Lipinski definition) is 7. The Kier molecular flexibility index (Phi) is 6.17. The van der Waals surface area contributed by atoms with E-state index in [-0.39, 0.29) is 46.4 Å². The molecule has 0 saturated heterocycles. The first-order valence-electron chi connectivity index (χ1n) is 9.71. The minimum atomic E-state index is -1.60. The molecule has 2 aliphatic rings. The van der Waals surface area contributed by atoms with Gasteiger partial charge in [0, 0.05) is 28.8 Å². The molecule has 170 valence electrons. The van der Waals surface area contributed by atoms with Crippen molar-refractivity contribution >= 4 is 42.9 Å². The summed E-state index contributed by atoms with van der Waals surface area (Å²) in [5, 5.41) is 33.3. The number of carbonyl (C=O) groups excluding carboxylic acids is 2. The number of amides is 2. The molecule has 2 aromatic carbocycles. The maximum absolute atomic E-state index is 14.2. The van der Waals surface area contributed by atoms with E-state index in [0.717, 1.165) is 12.1 Å². The lowest BCUT2D eigenvalue weighted by molar-refractivity contribution is -0.139. The number of carbonyl (C=O) groups is 3. The van der Waals surface area contributed by atoms with Gasteiger partial charge in [0.1, 0.15) is 17.7 Å². The van der Waals surface area contributed by atoms with Crippen molar-refractivity contribution < 1.29 is 47.6 Å². The van der Waals surface area contributed by atoms with Crippen molar-refractivity contribution in [2.75, 3.05) is 6.54 Å². The number of benzene rings is 2. The van der Waals surface area contributed by atoms with Gasteiger partial charge in [-0.3, -0.25) is 9.59 Å². The highest BCUT2D eigenvalue weighted by Crippen LogP contribution is 2.17. The summed E-state index contributed by atoms with van der Waals surface area (Å²) in [6.07, 6.45) is 0. The Morgan fingerprint density at radius 3 is 1.88 bits per heavy atom. The molecule has 1 unspecified atom stereocenters. The van der Waals surface area contributed by atoms with Crippen LogP contribution in [-0.4, -0.2) is 59.8 Å². The Hall–Kier alpha value is -3.32. The van der Waals surface area contributed by atoms with Crippen LogP contribution in [0, 0.1) is 11.6 Å². The predicted molar refractivity (Wildman–Crippen MR) is 109 cm³/mol. The summed E-state index contributed by atoms with van der Waals surface area (Å²) in [4.78, 5) is 36.4. The number of aliphatic carboxylic acids is 1. The Balaban J connectivity index is 1.44. The maximum Gasteiger partial charge on any atom is 0.491 e. The van der Waals surface area contributed by atoms with E-state index in [1.807, 2.05) is 0 Å². The molecule has 0 saturated carbocycles. The van der Waals surface area contributed by atoms with E-state index >= 15 is 0 Å². The van der Waals surface area contributed by atoms with Gasteiger partial charge in [-0.05, 0) is 35.2 Å². The first kappa shape index (κ1) is 22.9. The minimum absolute atomic E-state index is 0.0603. The predicted octanol–water partition coefficient (Wildman–Crippen LogP) is -1.99. The fraction of sp³-hybridized carbons (Fsp3) is 0.211. The van der Waals surface area contributed by atoms with Crippen molar-refractivity contribution in [1.82, 2.24) is 10.6 Å². The van der Waals surface area contributed by atoms with E-state index in [1.165, 1.54) is 12.1 Å². The number of carboxylic acids is 1. The molecule has 2 aromatic rings. The summed E-state index contributed by atoms with van der Waals surface area (Å²) < 4.78 is 38.1. The normalized spacial score (nSPS) is 15.2. The number of rotatable bonds is 6. The van der Waals surface area contributed by atoms with Gasteiger partial charge in [-0.2, -0.15) is 0 Å². The molecule has 0 spiro atoms. The van der Waals surface area contributed by atoms with E-state index in [2.05, 4.69) is 10.6 Å². The first-order chi connectivity index (χ1) is 15.7. The molecular weight excluding hydrogens is 444 g/mol. The molecule has 2 amide bonds. The van der Waals surface area contributed by atoms with Gasteiger partial charge in [0.2, 0.25) is 0 Å². The molecule has 0 aromatic heterocycles. The second-order valence-corrected chi connectivity index (χ2v) is 7.45. The molecule has 0 aliphatic carbocycles. The Morgan fingerprint density at radius 1 is 0.909 bits per heavy atom. The largest absolute Gasteiger partial charge is 0.491 e. The van der Waals surface area contributed by atoms with Crippen LogP contribution in [0.2, 0.25) is 0 Å². The number of hydrogen-bond donors (Lipinski definition) is 5. The molecule has 33 heavy (non-hydrogen) atoms. The lowest BCUT2D eigenvalue weighted by Crippen LogP contribution is -2.48. The zero-order valence-electron chi connectivity index (χ0n) is 16.8. The summed E-state index contributed by atoms with van der Waals surface area (Å²) in [7, 11) is -2.79. The van der Waals surface area contributed by atoms with Gasteiger partial charge >= 0.3 is 20.2 Å². The third-order valence-electron chi connectivity index (χ3n) is 5.36. The van der Waals surface area contributed by atoms with Crippen LogP contribution >= 0.6 is 0 Å². The highest BCUT2D eigenvalue weighted by atomic mass is 19.1. The highest BCUT2D eigenvalue weighted by Gasteiger charge is 2.33. The zero-order valence-corrected chi connectivity index (χ0v) is 16.8. The summed E-state index contributed by atoms with van der Waals surface area (Å²) in [5.41, 5.74) is -0.0628. The summed E-state index contributed by atoms with van der Waals surface area (Å²) in [5.74, 6) is -4.85. The van der Waals surface area contributed by atoms with E-state index in [9.17, 15) is 38.3 Å². The van der Waals surface area contributed by atoms with Crippen LogP contribution in [0.25, 0.3) is 0 Å². The van der Waals surface area contributed by atoms with Gasteiger partial charge in [-0.1, -0.05) is 0 Å². The van der Waals surface area contributed by atoms with Crippen LogP contribution in [0.5, 0.6) is 0 Å². The van der Waals surface area contributed by atoms with Gasteiger partial charge in [0.05, 0.1) is 13.2 Å². The Labute approximate surface area is 185 Å². The van der Waals surface area contributed by atoms with E-state index in [4.69, 9.17) is 9.31 Å². The van der Waals surface area contributed by atoms with Gasteiger partial charge in [0.25, 0.3) is 11.8 Å². The summed E-state index contributed by atoms with van der Waals surface area (Å²) in [6, 6.07) is 2.61. The number of fused-ring (bicyclic) bond motifs is 2. The standard InChI is InChI=1S/C19H16B2F2N2O8/c22-14-3-8(1-12-10(14)6-32-20(12)30)17(26)24-5-16(19(28)29)25-18(27)9-2-13-11(15(23)4-9)7-33-21(13)31/h1-4,16,30-31H,5-7H2,(H,24,26)(H,25,27)(H,28,29). The second kappa shape index (κ2) is 8.90. The quantitative estimate of drug-likeness (QED) is 0.311. The second-order valence-electron chi connectivity index (χ2n) is 7.45. The monoisotopic (exact) mass is 460 g/mol. The third-order valence-corrected chi connectivity index (χ3v) is 5.36. The smallest absolute Gasteiger partial charge is 0.480 e. The molecule has 1 atom stereocenters. The topological polar surface area (TPSA) is 154 Å². The molecule has 5 N–H and O–H groups in total. The number of halogens is 2. The molecule has 0 fully saturated rings. The molecule has 0 radical (unpaired) electrons. The Morgan fingerprint density at radius 2 is 1.39 bits per heavy atom. The van der Waals surface area contributed by atoms with Gasteiger partial charge < -0.3 is 35.1 Å². The maximum atomic E-state index is 14.2. The molecule has 0 bridgehead atoms. The van der Waals surface area contributed by atoms with Gasteiger partial charge in [-0.25, -0.2) is 13.6 Å². The van der Waals surface area contributed by atoms with Crippen LogP contribution in [-0.2, 0) is 27.3 Å². The van der Waals surface area contributed by atoms with Crippen LogP contribution < -0.4 is 21.6 Å². The van der Waals surface area contributed by atoms with Crippen LogP contribution in [0.15, 0.2) is 24.3 Å². The molecule has 14 heteroatoms. The van der Waals surface area contributed by atoms with E-state index in [1.54, 1.807) is 0 Å². The first-order valence-corrected chi connectivity index (χ1v) is 9.71. The lowest BCUT2D eigenvalue weighted by Gasteiger charge is -2.16. The summed E-state index contributed by atoms with van der Waals surface area (Å²) >= 11 is 0. The SMILES string of the molecule is O=C(NCC(NC(=O)c1cc(F)c2c(c1)B(O)OC2)C(=O)O)c1cc(F)c2c(c1)B(O)OC2. The number of carboxylic acid groups (broad SMARTS) is 1. The highest BCUT2D eigenvalue weighted by molar-refractivity contribution is 6.62. The van der Waals surface area contributed by atoms with Crippen molar-refractivity contribution in [2.45, 2.75) is 19.3 Å². The Bertz CT molecular complexity index is 1170. The fourth-order valence-electron chi connectivity index (χ4n) is 3.57. The third kappa shape index (κ3) is 4.46. The fourth-order valence-corrected chi connectivity index (χ4v) is 3.57. The molecule has 2 heterocycles. The van der Waals surface area contributed by atoms with Crippen molar-refractivity contribution in [3.63, 3.8) is 0 Å². The van der Waals surface area contributed by atoms with Gasteiger partial charge in [0.15, 0.2) is 0 Å². The molecule has 10 nitrogen and oxygen atoms in total. The molecule has 2 aliphatic heterocycles. The average Bonchev–Trinajstić information content (AvgIpc) is 3.34. The van der Waals surface area contributed by atoms with Gasteiger partial charge in [-0.15, -0.1) is 0 Å². The van der Waals surface area contributed by atoms with Crippen molar-refractivity contribution in [3.05, 3.63) is 58.2 Å². The molecule has 4 rings (SSSR count). The van der Waals surface area contributed by atoms with Crippen molar-refractivity contribution in [2.24, 2.45) is 0 Å². The minimum Gasteiger partial charge on any atom is -0.480 e. The molecular formula is C19H16B2F2N2O8. The van der Waals surface area contributed by atoms with E-state index < -0.39 is 56.2 Å². The van der Waals surface area contributed by atoms with Crippen LogP contribution in [0.4, 0.5) is 8.78 Å². The van der Waals surface area contributed by atoms with Crippen molar-refractivity contribution in [3.8, 4) is 0 Å². The lowest BCUT2D eigenvalue weighted by atomic mass is 9.78. The van der Waals surface area contributed by atoms with E-state index in [0.29, 0.717) is 0 Å². The van der Waals surface area contributed by atoms with Crippen LogP contribution in [0.3, 0.4) is 0 Å². The van der Waals surface area contributed by atoms with Crippen molar-refractivity contribution in [1.29, 1.82) is 0 Å². The zero-order chi connectivity index (χ0) is 23.9. The summed E-state index contributed by atoms with van der Waals surface area (Å²) in [6.45, 7) is -0.888.